The summed E-state index contributed by atoms with van der Waals surface area (Å²) in [6, 6.07) is 9.32. The highest BCUT2D eigenvalue weighted by Gasteiger charge is 2.15. The van der Waals surface area contributed by atoms with Gasteiger partial charge < -0.3 is 15.6 Å². The maximum atomic E-state index is 11.2. The molecule has 110 valence electrons. The van der Waals surface area contributed by atoms with Gasteiger partial charge in [0.05, 0.1) is 15.5 Å². The summed E-state index contributed by atoms with van der Waals surface area (Å²) in [7, 11) is -4.86. The summed E-state index contributed by atoms with van der Waals surface area (Å²) < 4.78 is 33.7. The SMILES string of the molecule is Nc1ccc(Nc2ccc([N+](=O)[O-])cc2S(=O)(=O)[O-])cc1. The van der Waals surface area contributed by atoms with Gasteiger partial charge in [-0.2, -0.15) is 0 Å². The van der Waals surface area contributed by atoms with Gasteiger partial charge in [0, 0.05) is 23.5 Å². The normalized spacial score (nSPS) is 11.1. The first-order valence-electron chi connectivity index (χ1n) is 5.64. The molecule has 0 spiro atoms. The first-order valence-corrected chi connectivity index (χ1v) is 7.05. The summed E-state index contributed by atoms with van der Waals surface area (Å²) in [6.45, 7) is 0. The second kappa shape index (κ2) is 5.38. The van der Waals surface area contributed by atoms with Crippen molar-refractivity contribution >= 4 is 32.9 Å². The predicted molar refractivity (Wildman–Crippen MR) is 75.2 cm³/mol. The third-order valence-corrected chi connectivity index (χ3v) is 3.51. The van der Waals surface area contributed by atoms with Crippen molar-refractivity contribution in [2.75, 3.05) is 11.1 Å². The number of nitrogens with zero attached hydrogens (tertiary/aromatic N) is 1. The molecule has 0 aliphatic carbocycles. The van der Waals surface area contributed by atoms with Gasteiger partial charge in [-0.25, -0.2) is 8.42 Å². The largest absolute Gasteiger partial charge is 0.744 e. The van der Waals surface area contributed by atoms with E-state index >= 15 is 0 Å². The highest BCUT2D eigenvalue weighted by molar-refractivity contribution is 7.86. The van der Waals surface area contributed by atoms with Crippen LogP contribution in [0.5, 0.6) is 0 Å². The van der Waals surface area contributed by atoms with Crippen molar-refractivity contribution in [2.45, 2.75) is 4.90 Å². The lowest BCUT2D eigenvalue weighted by Crippen LogP contribution is -2.05. The van der Waals surface area contributed by atoms with Crippen LogP contribution in [0.25, 0.3) is 0 Å². The maximum Gasteiger partial charge on any atom is 0.270 e. The van der Waals surface area contributed by atoms with Crippen LogP contribution in [-0.4, -0.2) is 17.9 Å². The topological polar surface area (TPSA) is 138 Å². The van der Waals surface area contributed by atoms with Gasteiger partial charge in [-0.15, -0.1) is 0 Å². The fourth-order valence-corrected chi connectivity index (χ4v) is 2.31. The lowest BCUT2D eigenvalue weighted by atomic mass is 10.2. The number of benzene rings is 2. The molecule has 2 aromatic carbocycles. The highest BCUT2D eigenvalue weighted by atomic mass is 32.2. The molecule has 0 amide bonds. The Morgan fingerprint density at radius 2 is 1.71 bits per heavy atom. The van der Waals surface area contributed by atoms with Crippen molar-refractivity contribution in [3.05, 3.63) is 52.6 Å². The summed E-state index contributed by atoms with van der Waals surface area (Å²) in [5.41, 5.74) is 6.01. The third-order valence-electron chi connectivity index (χ3n) is 2.64. The molecule has 0 aromatic heterocycles. The van der Waals surface area contributed by atoms with Crippen LogP contribution in [0.15, 0.2) is 47.4 Å². The molecule has 2 aromatic rings. The van der Waals surface area contributed by atoms with Gasteiger partial charge in [0.15, 0.2) is 0 Å². The van der Waals surface area contributed by atoms with Crippen LogP contribution in [0.4, 0.5) is 22.7 Å². The number of non-ortho nitro benzene ring substituents is 1. The molecule has 2 rings (SSSR count). The Morgan fingerprint density at radius 1 is 1.10 bits per heavy atom. The fraction of sp³-hybridized carbons (Fsp3) is 0. The molecule has 0 radical (unpaired) electrons. The Morgan fingerprint density at radius 3 is 2.24 bits per heavy atom. The number of nitrogen functional groups attached to an aromatic ring is 1. The number of nitro benzene ring substituents is 1. The molecule has 0 saturated heterocycles. The number of hydrogen-bond acceptors (Lipinski definition) is 7. The van der Waals surface area contributed by atoms with Crippen LogP contribution in [-0.2, 0) is 10.1 Å². The van der Waals surface area contributed by atoms with Crippen LogP contribution < -0.4 is 11.1 Å². The van der Waals surface area contributed by atoms with E-state index in [0.29, 0.717) is 11.4 Å². The molecule has 9 heteroatoms. The molecule has 0 atom stereocenters. The van der Waals surface area contributed by atoms with E-state index in [1.165, 1.54) is 6.07 Å². The molecule has 3 N–H and O–H groups in total. The Bertz CT molecular complexity index is 787. The molecule has 0 bridgehead atoms. The summed E-state index contributed by atoms with van der Waals surface area (Å²) in [5.74, 6) is 0. The number of anilines is 3. The van der Waals surface area contributed by atoms with Gasteiger partial charge in [-0.05, 0) is 30.3 Å². The molecule has 0 aliphatic heterocycles. The quantitative estimate of drug-likeness (QED) is 0.380. The highest BCUT2D eigenvalue weighted by Crippen LogP contribution is 2.29. The maximum absolute atomic E-state index is 11.2. The van der Waals surface area contributed by atoms with Gasteiger partial charge >= 0.3 is 0 Å². The van der Waals surface area contributed by atoms with Crippen molar-refractivity contribution in [3.63, 3.8) is 0 Å². The van der Waals surface area contributed by atoms with Crippen LogP contribution in [0.1, 0.15) is 0 Å². The predicted octanol–water partition coefficient (Wildman–Crippen LogP) is 1.82. The molecule has 0 saturated carbocycles. The summed E-state index contributed by atoms with van der Waals surface area (Å²) in [5, 5.41) is 13.4. The summed E-state index contributed by atoms with van der Waals surface area (Å²) in [6.07, 6.45) is 0. The molecule has 21 heavy (non-hydrogen) atoms. The van der Waals surface area contributed by atoms with Crippen molar-refractivity contribution in [1.82, 2.24) is 0 Å². The van der Waals surface area contributed by atoms with E-state index in [4.69, 9.17) is 5.73 Å². The van der Waals surface area contributed by atoms with Gasteiger partial charge in [-0.3, -0.25) is 10.1 Å². The Hall–Kier alpha value is -2.65. The van der Waals surface area contributed by atoms with Gasteiger partial charge in [-0.1, -0.05) is 0 Å². The number of hydrogen-bond donors (Lipinski definition) is 2. The van der Waals surface area contributed by atoms with Crippen molar-refractivity contribution in [2.24, 2.45) is 0 Å². The number of rotatable bonds is 4. The minimum Gasteiger partial charge on any atom is -0.744 e. The molecule has 0 fully saturated rings. The van der Waals surface area contributed by atoms with Crippen molar-refractivity contribution in [3.8, 4) is 0 Å². The van der Waals surface area contributed by atoms with E-state index in [1.807, 2.05) is 0 Å². The molecular weight excluding hydrogens is 298 g/mol. The van der Waals surface area contributed by atoms with E-state index in [9.17, 15) is 23.1 Å². The zero-order chi connectivity index (χ0) is 15.6. The van der Waals surface area contributed by atoms with Crippen molar-refractivity contribution in [1.29, 1.82) is 0 Å². The molecule has 0 unspecified atom stereocenters. The minimum atomic E-state index is -4.86. The second-order valence-corrected chi connectivity index (χ2v) is 5.49. The number of nitrogens with two attached hydrogens (primary N) is 1. The zero-order valence-electron chi connectivity index (χ0n) is 10.5. The first-order chi connectivity index (χ1) is 9.77. The molecule has 0 heterocycles. The van der Waals surface area contributed by atoms with Gasteiger partial charge in [0.1, 0.15) is 10.1 Å². The van der Waals surface area contributed by atoms with Gasteiger partial charge in [0.25, 0.3) is 5.69 Å². The summed E-state index contributed by atoms with van der Waals surface area (Å²) in [4.78, 5) is 9.20. The van der Waals surface area contributed by atoms with E-state index in [1.54, 1.807) is 24.3 Å². The van der Waals surface area contributed by atoms with Crippen LogP contribution >= 0.6 is 0 Å². The average molecular weight is 308 g/mol. The Labute approximate surface area is 120 Å². The molecule has 8 nitrogen and oxygen atoms in total. The van der Waals surface area contributed by atoms with E-state index in [-0.39, 0.29) is 5.69 Å². The smallest absolute Gasteiger partial charge is 0.270 e. The monoisotopic (exact) mass is 308 g/mol. The number of nitro groups is 1. The number of nitrogens with one attached hydrogen (secondary N) is 1. The fourth-order valence-electron chi connectivity index (χ4n) is 1.66. The summed E-state index contributed by atoms with van der Waals surface area (Å²) >= 11 is 0. The van der Waals surface area contributed by atoms with Crippen LogP contribution in [0.2, 0.25) is 0 Å². The van der Waals surface area contributed by atoms with Crippen LogP contribution in [0.3, 0.4) is 0 Å². The lowest BCUT2D eigenvalue weighted by Gasteiger charge is -2.14. The van der Waals surface area contributed by atoms with Crippen LogP contribution in [0, 0.1) is 10.1 Å². The van der Waals surface area contributed by atoms with E-state index in [2.05, 4.69) is 5.32 Å². The van der Waals surface area contributed by atoms with Gasteiger partial charge in [0.2, 0.25) is 0 Å². The Kier molecular flexibility index (Phi) is 3.78. The lowest BCUT2D eigenvalue weighted by molar-refractivity contribution is -0.385. The zero-order valence-corrected chi connectivity index (χ0v) is 11.3. The molecule has 0 aliphatic rings. The van der Waals surface area contributed by atoms with E-state index in [0.717, 1.165) is 12.1 Å². The Balaban J connectivity index is 2.48. The minimum absolute atomic E-state index is 0.0413. The third kappa shape index (κ3) is 3.46. The molecular formula is C12H10N3O5S-. The first kappa shape index (κ1) is 14.8. The van der Waals surface area contributed by atoms with Crippen molar-refractivity contribution < 1.29 is 17.9 Å². The second-order valence-electron chi connectivity index (χ2n) is 4.14. The standard InChI is InChI=1S/C12H11N3O5S/c13-8-1-3-9(4-2-8)14-11-6-5-10(15(16)17)7-12(11)21(18,19)20/h1-7,14H,13H2,(H,18,19,20)/p-1. The van der Waals surface area contributed by atoms with E-state index < -0.39 is 25.6 Å². The average Bonchev–Trinajstić information content (AvgIpc) is 2.40.